The maximum absolute atomic E-state index is 5.70. The van der Waals surface area contributed by atoms with Crippen LogP contribution in [0.1, 0.15) is 50.7 Å². The molecule has 1 aromatic heterocycles. The Morgan fingerprint density at radius 2 is 2.12 bits per heavy atom. The Labute approximate surface area is 108 Å². The first-order chi connectivity index (χ1) is 8.19. The number of hydrogen-bond acceptors (Lipinski definition) is 5. The lowest BCUT2D eigenvalue weighted by molar-refractivity contribution is 0.0619. The predicted octanol–water partition coefficient (Wildman–Crippen LogP) is 2.57. The molecule has 0 bridgehead atoms. The summed E-state index contributed by atoms with van der Waals surface area (Å²) in [5, 5.41) is 7.65. The minimum atomic E-state index is 0.226. The van der Waals surface area contributed by atoms with Crippen LogP contribution in [0.25, 0.3) is 0 Å². The first kappa shape index (κ1) is 14.5. The lowest BCUT2D eigenvalue weighted by Gasteiger charge is -2.18. The highest BCUT2D eigenvalue weighted by molar-refractivity contribution is 7.05. The van der Waals surface area contributed by atoms with Crippen LogP contribution in [0.3, 0.4) is 0 Å². The third-order valence-electron chi connectivity index (χ3n) is 2.44. The fourth-order valence-electron chi connectivity index (χ4n) is 1.65. The summed E-state index contributed by atoms with van der Waals surface area (Å²) < 4.78 is 9.77. The van der Waals surface area contributed by atoms with Crippen LogP contribution in [0.4, 0.5) is 0 Å². The van der Waals surface area contributed by atoms with Gasteiger partial charge in [0.05, 0.1) is 29.3 Å². The van der Waals surface area contributed by atoms with Crippen molar-refractivity contribution in [1.82, 2.24) is 14.9 Å². The molecule has 0 amide bonds. The predicted molar refractivity (Wildman–Crippen MR) is 71.4 cm³/mol. The normalized spacial score (nSPS) is 13.2. The van der Waals surface area contributed by atoms with E-state index in [9.17, 15) is 0 Å². The number of nitrogens with one attached hydrogen (secondary N) is 1. The second-order valence-electron chi connectivity index (χ2n) is 4.33. The smallest absolute Gasteiger partial charge is 0.0804 e. The van der Waals surface area contributed by atoms with Crippen molar-refractivity contribution in [3.63, 3.8) is 0 Å². The van der Waals surface area contributed by atoms with Gasteiger partial charge in [0.15, 0.2) is 0 Å². The number of nitrogens with zero attached hydrogens (tertiary/aromatic N) is 2. The van der Waals surface area contributed by atoms with Crippen molar-refractivity contribution >= 4 is 11.5 Å². The molecule has 1 rings (SSSR count). The van der Waals surface area contributed by atoms with E-state index in [1.165, 1.54) is 16.4 Å². The molecule has 0 aliphatic heterocycles. The van der Waals surface area contributed by atoms with Gasteiger partial charge in [0.2, 0.25) is 0 Å². The molecule has 0 aliphatic rings. The van der Waals surface area contributed by atoms with Crippen LogP contribution in [0.5, 0.6) is 0 Å². The maximum atomic E-state index is 5.70. The highest BCUT2D eigenvalue weighted by Gasteiger charge is 2.18. The summed E-state index contributed by atoms with van der Waals surface area (Å²) in [7, 11) is 0. The van der Waals surface area contributed by atoms with Crippen LogP contribution in [-0.2, 0) is 11.2 Å². The van der Waals surface area contributed by atoms with E-state index in [-0.39, 0.29) is 12.1 Å². The molecule has 0 saturated carbocycles. The molecule has 1 unspecified atom stereocenters. The minimum Gasteiger partial charge on any atom is -0.377 e. The number of aryl methyl sites for hydroxylation is 1. The second kappa shape index (κ2) is 7.74. The summed E-state index contributed by atoms with van der Waals surface area (Å²) >= 11 is 1.49. The molecule has 0 aromatic carbocycles. The van der Waals surface area contributed by atoms with Crippen molar-refractivity contribution in [2.75, 3.05) is 13.2 Å². The summed E-state index contributed by atoms with van der Waals surface area (Å²) in [5.74, 6) is 0. The molecule has 5 heteroatoms. The van der Waals surface area contributed by atoms with E-state index in [0.717, 1.165) is 25.1 Å². The zero-order chi connectivity index (χ0) is 12.7. The van der Waals surface area contributed by atoms with E-state index in [4.69, 9.17) is 4.74 Å². The Morgan fingerprint density at radius 1 is 1.35 bits per heavy atom. The molecule has 0 fully saturated rings. The van der Waals surface area contributed by atoms with Gasteiger partial charge in [-0.3, -0.25) is 0 Å². The van der Waals surface area contributed by atoms with E-state index in [1.807, 2.05) is 0 Å². The van der Waals surface area contributed by atoms with E-state index < -0.39 is 0 Å². The number of rotatable bonds is 8. The van der Waals surface area contributed by atoms with Crippen LogP contribution >= 0.6 is 11.5 Å². The fraction of sp³-hybridized carbons (Fsp3) is 0.833. The molecular formula is C12H23N3OS. The fourth-order valence-corrected chi connectivity index (χ4v) is 2.41. The van der Waals surface area contributed by atoms with E-state index in [2.05, 4.69) is 42.6 Å². The standard InChI is InChI=1S/C12H23N3OS/c1-5-7-10-12(17-15-14-10)11(13-6-2)8-16-9(3)4/h9,11,13H,5-8H2,1-4H3. The Hall–Kier alpha value is -0.520. The highest BCUT2D eigenvalue weighted by atomic mass is 32.1. The van der Waals surface area contributed by atoms with Gasteiger partial charge >= 0.3 is 0 Å². The first-order valence-electron chi connectivity index (χ1n) is 6.35. The van der Waals surface area contributed by atoms with Gasteiger partial charge in [0.1, 0.15) is 0 Å². The van der Waals surface area contributed by atoms with Crippen molar-refractivity contribution in [3.8, 4) is 0 Å². The molecule has 1 aromatic rings. The largest absolute Gasteiger partial charge is 0.377 e. The van der Waals surface area contributed by atoms with Crippen LogP contribution in [0, 0.1) is 0 Å². The van der Waals surface area contributed by atoms with Crippen molar-refractivity contribution < 1.29 is 4.74 Å². The van der Waals surface area contributed by atoms with Gasteiger partial charge < -0.3 is 10.1 Å². The zero-order valence-corrected chi connectivity index (χ0v) is 12.0. The summed E-state index contributed by atoms with van der Waals surface area (Å²) in [6.07, 6.45) is 2.35. The average molecular weight is 257 g/mol. The van der Waals surface area contributed by atoms with E-state index in [1.54, 1.807) is 0 Å². The molecule has 0 radical (unpaired) electrons. The van der Waals surface area contributed by atoms with Crippen LogP contribution in [0.15, 0.2) is 0 Å². The van der Waals surface area contributed by atoms with E-state index >= 15 is 0 Å². The second-order valence-corrected chi connectivity index (χ2v) is 5.11. The van der Waals surface area contributed by atoms with Gasteiger partial charge in [-0.2, -0.15) is 0 Å². The molecule has 1 atom stereocenters. The molecule has 1 heterocycles. The quantitative estimate of drug-likeness (QED) is 0.777. The number of ether oxygens (including phenoxy) is 1. The van der Waals surface area contributed by atoms with Gasteiger partial charge in [-0.05, 0) is 38.3 Å². The van der Waals surface area contributed by atoms with Crippen molar-refractivity contribution in [2.24, 2.45) is 0 Å². The molecule has 98 valence electrons. The highest BCUT2D eigenvalue weighted by Crippen LogP contribution is 2.22. The molecular weight excluding hydrogens is 234 g/mol. The van der Waals surface area contributed by atoms with Gasteiger partial charge in [-0.1, -0.05) is 24.8 Å². The summed E-state index contributed by atoms with van der Waals surface area (Å²) in [4.78, 5) is 1.23. The number of aromatic nitrogens is 2. The van der Waals surface area contributed by atoms with Crippen molar-refractivity contribution in [2.45, 2.75) is 52.7 Å². The summed E-state index contributed by atoms with van der Waals surface area (Å²) in [6, 6.07) is 0.226. The van der Waals surface area contributed by atoms with Crippen molar-refractivity contribution in [3.05, 3.63) is 10.6 Å². The minimum absolute atomic E-state index is 0.226. The van der Waals surface area contributed by atoms with Crippen LogP contribution in [0.2, 0.25) is 0 Å². The number of likely N-dealkylation sites (N-methyl/N-ethyl adjacent to an activating group) is 1. The molecule has 0 spiro atoms. The first-order valence-corrected chi connectivity index (χ1v) is 7.12. The maximum Gasteiger partial charge on any atom is 0.0804 e. The Balaban J connectivity index is 2.70. The molecule has 1 N–H and O–H groups in total. The lowest BCUT2D eigenvalue weighted by Crippen LogP contribution is -2.26. The molecule has 4 nitrogen and oxygen atoms in total. The molecule has 17 heavy (non-hydrogen) atoms. The zero-order valence-electron chi connectivity index (χ0n) is 11.2. The molecule has 0 aliphatic carbocycles. The molecule has 0 saturated heterocycles. The van der Waals surface area contributed by atoms with E-state index in [0.29, 0.717) is 6.61 Å². The average Bonchev–Trinajstić information content (AvgIpc) is 2.73. The van der Waals surface area contributed by atoms with Gasteiger partial charge in [-0.25, -0.2) is 0 Å². The Bertz CT molecular complexity index is 314. The Kier molecular flexibility index (Phi) is 6.62. The lowest BCUT2D eigenvalue weighted by atomic mass is 10.1. The van der Waals surface area contributed by atoms with Gasteiger partial charge in [0.25, 0.3) is 0 Å². The topological polar surface area (TPSA) is 47.0 Å². The van der Waals surface area contributed by atoms with Gasteiger partial charge in [-0.15, -0.1) is 5.10 Å². The SMILES string of the molecule is CCCc1nnsc1C(COC(C)C)NCC. The summed E-state index contributed by atoms with van der Waals surface area (Å²) in [6.45, 7) is 10.00. The van der Waals surface area contributed by atoms with Crippen molar-refractivity contribution in [1.29, 1.82) is 0 Å². The number of hydrogen-bond donors (Lipinski definition) is 1. The third kappa shape index (κ3) is 4.69. The van der Waals surface area contributed by atoms with Crippen LogP contribution < -0.4 is 5.32 Å². The Morgan fingerprint density at radius 3 is 2.71 bits per heavy atom. The third-order valence-corrected chi connectivity index (χ3v) is 3.32. The van der Waals surface area contributed by atoms with Crippen LogP contribution in [-0.4, -0.2) is 28.8 Å². The monoisotopic (exact) mass is 257 g/mol. The van der Waals surface area contributed by atoms with Gasteiger partial charge in [0, 0.05) is 0 Å². The summed E-state index contributed by atoms with van der Waals surface area (Å²) in [5.41, 5.74) is 1.12.